The molecule has 0 radical (unpaired) electrons. The molecule has 9 N–H and O–H groups in total. The van der Waals surface area contributed by atoms with Crippen molar-refractivity contribution < 1.29 is 54.3 Å². The summed E-state index contributed by atoms with van der Waals surface area (Å²) in [6.07, 6.45) is -1.40. The van der Waals surface area contributed by atoms with E-state index in [9.17, 15) is 49.5 Å². The van der Waals surface area contributed by atoms with Crippen LogP contribution in [0.4, 0.5) is 9.93 Å². The number of carbonyl (C=O) groups is 5. The van der Waals surface area contributed by atoms with Gasteiger partial charge in [-0.05, 0) is 32.9 Å². The van der Waals surface area contributed by atoms with E-state index in [0.29, 0.717) is 0 Å². The number of thioether (sulfide) groups is 1. The summed E-state index contributed by atoms with van der Waals surface area (Å²) in [5, 5.41) is 57.6. The monoisotopic (exact) mass is 728 g/mol. The van der Waals surface area contributed by atoms with Gasteiger partial charge in [0.2, 0.25) is 10.5 Å². The van der Waals surface area contributed by atoms with E-state index in [4.69, 9.17) is 22.2 Å². The highest BCUT2D eigenvalue weighted by Crippen LogP contribution is 2.51. The van der Waals surface area contributed by atoms with Crippen molar-refractivity contribution in [2.45, 2.75) is 54.9 Å². The quantitative estimate of drug-likeness (QED) is 0.0895. The second-order valence-electron chi connectivity index (χ2n) is 11.4. The van der Waals surface area contributed by atoms with Gasteiger partial charge >= 0.3 is 18.0 Å². The first-order valence-corrected chi connectivity index (χ1v) is 16.0. The molecular weight excluding hydrogens is 700 g/mol. The van der Waals surface area contributed by atoms with Crippen LogP contribution in [0.15, 0.2) is 22.7 Å². The SMILES string of the molecule is C[C@@H]1CN([C@]2(C(=O)O)CN3C(O)C(NC(=O)/C(=N\OC(C)(C)C(=O)O)c4csc(N)n4)[C@H]3S2)C(=O)N1NC(=O)c1ccc(O)c(O)c1Cl. The van der Waals surface area contributed by atoms with Crippen molar-refractivity contribution in [3.63, 3.8) is 0 Å². The lowest BCUT2D eigenvalue weighted by molar-refractivity contribution is -0.161. The van der Waals surface area contributed by atoms with Crippen molar-refractivity contribution in [3.8, 4) is 11.5 Å². The minimum Gasteiger partial charge on any atom is -0.504 e. The Bertz CT molecular complexity index is 1740. The Labute approximate surface area is 283 Å². The van der Waals surface area contributed by atoms with Crippen molar-refractivity contribution in [2.75, 3.05) is 18.8 Å². The number of oxime groups is 1. The van der Waals surface area contributed by atoms with Gasteiger partial charge in [0.15, 0.2) is 22.3 Å². The number of hydrogen-bond donors (Lipinski definition) is 8. The van der Waals surface area contributed by atoms with Crippen LogP contribution in [0.2, 0.25) is 5.02 Å². The summed E-state index contributed by atoms with van der Waals surface area (Å²) in [6, 6.07) is -0.581. The summed E-state index contributed by atoms with van der Waals surface area (Å²) < 4.78 is 0. The second-order valence-corrected chi connectivity index (χ2v) is 14.1. The number of rotatable bonds is 10. The molecule has 1 aromatic carbocycles. The van der Waals surface area contributed by atoms with Crippen molar-refractivity contribution in [1.29, 1.82) is 0 Å². The van der Waals surface area contributed by atoms with Crippen LogP contribution in [0.25, 0.3) is 0 Å². The van der Waals surface area contributed by atoms with Crippen molar-refractivity contribution >= 4 is 75.3 Å². The number of nitrogens with zero attached hydrogens (tertiary/aromatic N) is 5. The van der Waals surface area contributed by atoms with Crippen LogP contribution in [-0.2, 0) is 19.2 Å². The first-order valence-electron chi connectivity index (χ1n) is 13.9. The fraction of sp³-hybridized carbons (Fsp3) is 0.423. The van der Waals surface area contributed by atoms with Gasteiger partial charge in [-0.15, -0.1) is 11.3 Å². The number of hydrogen-bond acceptors (Lipinski definition) is 15. The third-order valence-electron chi connectivity index (χ3n) is 7.82. The molecule has 258 valence electrons. The van der Waals surface area contributed by atoms with E-state index in [1.165, 1.54) is 24.1 Å². The highest BCUT2D eigenvalue weighted by atomic mass is 35.5. The predicted octanol–water partition coefficient (Wildman–Crippen LogP) is -0.182. The lowest BCUT2D eigenvalue weighted by Gasteiger charge is -2.47. The van der Waals surface area contributed by atoms with Crippen LogP contribution >= 0.6 is 34.7 Å². The number of aromatic nitrogens is 1. The summed E-state index contributed by atoms with van der Waals surface area (Å²) >= 11 is 7.74. The van der Waals surface area contributed by atoms with Crippen LogP contribution < -0.4 is 16.5 Å². The van der Waals surface area contributed by atoms with Gasteiger partial charge in [-0.1, -0.05) is 28.5 Å². The van der Waals surface area contributed by atoms with Crippen LogP contribution in [0.5, 0.6) is 11.5 Å². The van der Waals surface area contributed by atoms with Crippen LogP contribution in [0, 0.1) is 0 Å². The number of phenols is 2. The zero-order valence-corrected chi connectivity index (χ0v) is 27.5. The van der Waals surface area contributed by atoms with Gasteiger partial charge in [-0.2, -0.15) is 0 Å². The minimum atomic E-state index is -1.97. The summed E-state index contributed by atoms with van der Waals surface area (Å²) in [4.78, 5) is 73.8. The molecule has 0 bridgehead atoms. The van der Waals surface area contributed by atoms with E-state index in [1.807, 2.05) is 0 Å². The number of carboxylic acid groups (broad SMARTS) is 2. The largest absolute Gasteiger partial charge is 0.504 e. The third kappa shape index (κ3) is 5.87. The molecule has 3 fully saturated rings. The first-order chi connectivity index (χ1) is 22.4. The average molecular weight is 729 g/mol. The van der Waals surface area contributed by atoms with E-state index in [1.54, 1.807) is 6.92 Å². The number of nitrogens with two attached hydrogens (primary N) is 1. The number of fused-ring (bicyclic) bond motifs is 1. The molecule has 1 aromatic heterocycles. The highest BCUT2D eigenvalue weighted by Gasteiger charge is 2.67. The molecular formula is C26H29ClN8O11S2. The van der Waals surface area contributed by atoms with Gasteiger partial charge in [0.1, 0.15) is 11.9 Å². The van der Waals surface area contributed by atoms with Gasteiger partial charge < -0.3 is 41.4 Å². The number of hydrazine groups is 1. The molecule has 4 amide bonds. The van der Waals surface area contributed by atoms with Gasteiger partial charge in [-0.3, -0.25) is 24.8 Å². The van der Waals surface area contributed by atoms with E-state index >= 15 is 0 Å². The molecule has 19 nitrogen and oxygen atoms in total. The topological polar surface area (TPSA) is 281 Å². The Hall–Kier alpha value is -4.57. The molecule has 5 rings (SSSR count). The van der Waals surface area contributed by atoms with E-state index in [2.05, 4.69) is 20.9 Å². The number of halogens is 1. The second kappa shape index (κ2) is 12.5. The molecule has 3 aliphatic rings. The summed E-state index contributed by atoms with van der Waals surface area (Å²) in [7, 11) is 0. The standard InChI is InChI=1S/C26H29ClN8O11S2/c1-9-6-34(24(45)35(9)31-17(38)10-4-5-12(36)16(37)13(10)27)26(22(43)44)8-33-19(40)15(20(33)48-26)30-18(39)14(11-7-47-23(28)29-11)32-46-25(2,3)21(41)42/h4-5,7,9,15,19-20,36-37,40H,6,8H2,1-3H3,(H2,28,29)(H,30,39)(H,31,38)(H,41,42)(H,43,44)/b32-14-/t9-,15?,19?,20-,26-/m1/s1. The summed E-state index contributed by atoms with van der Waals surface area (Å²) in [5.74, 6) is -5.95. The Morgan fingerprint density at radius 3 is 2.52 bits per heavy atom. The van der Waals surface area contributed by atoms with Gasteiger partial charge in [0.05, 0.1) is 28.0 Å². The molecule has 0 aliphatic carbocycles. The van der Waals surface area contributed by atoms with Crippen molar-refractivity contribution in [2.24, 2.45) is 5.16 Å². The molecule has 22 heteroatoms. The number of nitrogens with one attached hydrogen (secondary N) is 2. The number of carboxylic acids is 2. The normalized spacial score (nSPS) is 25.8. The van der Waals surface area contributed by atoms with Crippen molar-refractivity contribution in [3.05, 3.63) is 33.8 Å². The Morgan fingerprint density at radius 1 is 1.23 bits per heavy atom. The molecule has 3 saturated heterocycles. The number of urea groups is 1. The predicted molar refractivity (Wildman–Crippen MR) is 168 cm³/mol. The van der Waals surface area contributed by atoms with Gasteiger partial charge in [-0.25, -0.2) is 24.4 Å². The van der Waals surface area contributed by atoms with Crippen LogP contribution in [-0.4, -0.2) is 128 Å². The number of aromatic hydroxyl groups is 2. The van der Waals surface area contributed by atoms with E-state index < -0.39 is 86.2 Å². The van der Waals surface area contributed by atoms with Crippen LogP contribution in [0.1, 0.15) is 36.8 Å². The fourth-order valence-electron chi connectivity index (χ4n) is 5.07. The lowest BCUT2D eigenvalue weighted by atomic mass is 10.0. The molecule has 0 saturated carbocycles. The number of amides is 4. The zero-order chi connectivity index (χ0) is 35.5. The molecule has 48 heavy (non-hydrogen) atoms. The minimum absolute atomic E-state index is 0.0385. The molecule has 5 atom stereocenters. The first kappa shape index (κ1) is 34.8. The third-order valence-corrected chi connectivity index (χ3v) is 10.6. The number of phenolic OH excluding ortho intramolecular Hbond substituents is 2. The Kier molecular flexibility index (Phi) is 9.03. The number of carbonyl (C=O) groups excluding carboxylic acids is 3. The fourth-order valence-corrected chi connectivity index (χ4v) is 7.55. The van der Waals surface area contributed by atoms with Gasteiger partial charge in [0, 0.05) is 18.5 Å². The molecule has 3 aliphatic heterocycles. The maximum absolute atomic E-state index is 13.6. The maximum Gasteiger partial charge on any atom is 0.350 e. The number of benzene rings is 1. The van der Waals surface area contributed by atoms with Crippen LogP contribution in [0.3, 0.4) is 0 Å². The Morgan fingerprint density at radius 2 is 1.92 bits per heavy atom. The average Bonchev–Trinajstić information content (AvgIpc) is 3.69. The maximum atomic E-state index is 13.6. The molecule has 4 heterocycles. The number of anilines is 1. The number of thiazole rings is 1. The lowest BCUT2D eigenvalue weighted by Crippen LogP contribution is -2.70. The van der Waals surface area contributed by atoms with Crippen molar-refractivity contribution in [1.82, 2.24) is 30.5 Å². The Balaban J connectivity index is 1.34. The summed E-state index contributed by atoms with van der Waals surface area (Å²) in [5.41, 5.74) is 5.48. The number of aliphatic hydroxyl groups excluding tert-OH is 1. The molecule has 2 aromatic rings. The zero-order valence-electron chi connectivity index (χ0n) is 25.1. The number of aliphatic carboxylic acids is 2. The smallest absolute Gasteiger partial charge is 0.350 e. The molecule has 0 spiro atoms. The summed E-state index contributed by atoms with van der Waals surface area (Å²) in [6.45, 7) is 3.44. The highest BCUT2D eigenvalue weighted by molar-refractivity contribution is 8.02. The number of aliphatic hydroxyl groups is 1. The number of nitrogen functional groups attached to an aromatic ring is 1. The van der Waals surface area contributed by atoms with Gasteiger partial charge in [0.25, 0.3) is 11.8 Å². The van der Waals surface area contributed by atoms with E-state index in [-0.39, 0.29) is 29.5 Å². The van der Waals surface area contributed by atoms with E-state index in [0.717, 1.165) is 45.1 Å². The molecule has 2 unspecified atom stereocenters.